The minimum Gasteiger partial charge on any atom is -0.478 e. The van der Waals surface area contributed by atoms with Crippen molar-refractivity contribution in [3.8, 4) is 17.2 Å². The number of hydrogen-bond donors (Lipinski definition) is 2. The molecule has 36 heavy (non-hydrogen) atoms. The van der Waals surface area contributed by atoms with Gasteiger partial charge in [-0.1, -0.05) is 44.2 Å². The Hall–Kier alpha value is -4.44. The van der Waals surface area contributed by atoms with Gasteiger partial charge in [-0.05, 0) is 42.8 Å². The van der Waals surface area contributed by atoms with Crippen LogP contribution in [0.25, 0.3) is 32.9 Å². The maximum Gasteiger partial charge on any atom is 0.335 e. The van der Waals surface area contributed by atoms with Gasteiger partial charge in [-0.15, -0.1) is 0 Å². The van der Waals surface area contributed by atoms with E-state index in [1.165, 1.54) is 6.07 Å². The van der Waals surface area contributed by atoms with Crippen molar-refractivity contribution in [1.29, 1.82) is 5.26 Å². The van der Waals surface area contributed by atoms with Crippen LogP contribution < -0.4 is 0 Å². The average Bonchev–Trinajstić information content (AvgIpc) is 3.44. The zero-order valence-electron chi connectivity index (χ0n) is 20.2. The summed E-state index contributed by atoms with van der Waals surface area (Å²) in [5.74, 6) is -1.30. The lowest BCUT2D eigenvalue weighted by Gasteiger charge is -2.30. The van der Waals surface area contributed by atoms with Gasteiger partial charge in [0.15, 0.2) is 0 Å². The Morgan fingerprint density at radius 1 is 1.19 bits per heavy atom. The van der Waals surface area contributed by atoms with E-state index in [-0.39, 0.29) is 23.8 Å². The molecule has 2 aromatic heterocycles. The lowest BCUT2D eigenvalue weighted by Crippen LogP contribution is -2.24. The minimum absolute atomic E-state index is 0.191. The van der Waals surface area contributed by atoms with E-state index in [0.717, 1.165) is 38.6 Å². The van der Waals surface area contributed by atoms with E-state index in [9.17, 15) is 15.2 Å². The lowest BCUT2D eigenvalue weighted by atomic mass is 9.81. The zero-order valence-corrected chi connectivity index (χ0v) is 20.2. The molecule has 0 aliphatic rings. The number of aromatic amines is 1. The van der Waals surface area contributed by atoms with Crippen LogP contribution >= 0.6 is 0 Å². The molecule has 180 valence electrons. The van der Waals surface area contributed by atoms with Crippen LogP contribution in [0.15, 0.2) is 66.9 Å². The van der Waals surface area contributed by atoms with Crippen molar-refractivity contribution in [1.82, 2.24) is 14.8 Å². The molecule has 0 fully saturated rings. The summed E-state index contributed by atoms with van der Waals surface area (Å²) in [7, 11) is 0. The van der Waals surface area contributed by atoms with Gasteiger partial charge in [-0.2, -0.15) is 10.4 Å². The number of nitriles is 1. The molecule has 2 heterocycles. The number of aromatic nitrogens is 3. The summed E-state index contributed by atoms with van der Waals surface area (Å²) in [4.78, 5) is 11.5. The average molecular weight is 481 g/mol. The van der Waals surface area contributed by atoms with Gasteiger partial charge in [0.2, 0.25) is 0 Å². The molecule has 1 atom stereocenters. The highest BCUT2D eigenvalue weighted by Gasteiger charge is 2.33. The smallest absolute Gasteiger partial charge is 0.335 e. The number of nitrogens with zero attached hydrogens (tertiary/aromatic N) is 3. The molecular formula is C29H25FN4O2. The maximum atomic E-state index is 15.0. The van der Waals surface area contributed by atoms with Crippen LogP contribution in [0, 0.1) is 17.1 Å². The molecular weight excluding hydrogens is 455 g/mol. The van der Waals surface area contributed by atoms with Crippen molar-refractivity contribution in [2.45, 2.75) is 38.6 Å². The number of aromatic carboxylic acids is 1. The largest absolute Gasteiger partial charge is 0.478 e. The van der Waals surface area contributed by atoms with Gasteiger partial charge in [0, 0.05) is 39.4 Å². The summed E-state index contributed by atoms with van der Waals surface area (Å²) < 4.78 is 17.1. The number of nitrogens with one attached hydrogen (secondary N) is 1. The summed E-state index contributed by atoms with van der Waals surface area (Å²) in [6, 6.07) is 19.5. The second-order valence-corrected chi connectivity index (χ2v) is 9.72. The van der Waals surface area contributed by atoms with Crippen LogP contribution in [-0.4, -0.2) is 25.8 Å². The first-order valence-electron chi connectivity index (χ1n) is 11.7. The number of benzene rings is 3. The number of hydrogen-bond acceptors (Lipinski definition) is 3. The van der Waals surface area contributed by atoms with E-state index in [1.54, 1.807) is 42.6 Å². The predicted molar refractivity (Wildman–Crippen MR) is 137 cm³/mol. The Labute approximate surface area is 207 Å². The molecule has 0 aliphatic heterocycles. The van der Waals surface area contributed by atoms with Crippen LogP contribution in [0.1, 0.15) is 54.8 Å². The van der Waals surface area contributed by atoms with Gasteiger partial charge >= 0.3 is 5.97 Å². The fourth-order valence-corrected chi connectivity index (χ4v) is 5.12. The highest BCUT2D eigenvalue weighted by Crippen LogP contribution is 2.46. The monoisotopic (exact) mass is 480 g/mol. The fourth-order valence-electron chi connectivity index (χ4n) is 5.12. The Morgan fingerprint density at radius 2 is 1.92 bits per heavy atom. The minimum atomic E-state index is -0.999. The summed E-state index contributed by atoms with van der Waals surface area (Å²) in [5, 5.41) is 28.2. The van der Waals surface area contributed by atoms with Crippen LogP contribution in [-0.2, 0) is 5.41 Å². The summed E-state index contributed by atoms with van der Waals surface area (Å²) in [5.41, 5.74) is 4.48. The molecule has 0 spiro atoms. The third kappa shape index (κ3) is 3.72. The van der Waals surface area contributed by atoms with E-state index >= 15 is 4.39 Å². The Balaban J connectivity index is 1.92. The van der Waals surface area contributed by atoms with E-state index in [2.05, 4.69) is 20.8 Å². The van der Waals surface area contributed by atoms with Crippen LogP contribution in [0.3, 0.4) is 0 Å². The van der Waals surface area contributed by atoms with Crippen molar-refractivity contribution in [2.24, 2.45) is 0 Å². The van der Waals surface area contributed by atoms with Gasteiger partial charge in [-0.3, -0.25) is 5.10 Å². The van der Waals surface area contributed by atoms with E-state index in [0.29, 0.717) is 5.56 Å². The Bertz CT molecular complexity index is 1650. The summed E-state index contributed by atoms with van der Waals surface area (Å²) in [6.45, 7) is 5.98. The SMILES string of the molecule is CC(c1ccccc1F)n1c(C(C)(C)CC#N)c(-c2ccc(C(=O)O)cc2)c2cc3[nH]ncc3cc21. The van der Waals surface area contributed by atoms with Crippen molar-refractivity contribution in [3.63, 3.8) is 0 Å². The van der Waals surface area contributed by atoms with Crippen LogP contribution in [0.2, 0.25) is 0 Å². The number of carboxylic acids is 1. The van der Waals surface area contributed by atoms with Crippen LogP contribution in [0.4, 0.5) is 4.39 Å². The number of halogens is 1. The predicted octanol–water partition coefficient (Wildman–Crippen LogP) is 6.82. The maximum absolute atomic E-state index is 15.0. The standard InChI is InChI=1S/C29H25FN4O2/c1-17(21-6-4-5-7-23(21)30)34-25-14-20-16-32-33-24(20)15-22(25)26(27(34)29(2,3)12-13-31)18-8-10-19(11-9-18)28(35)36/h4-11,14-17H,12H2,1-3H3,(H,32,33)(H,35,36). The first-order chi connectivity index (χ1) is 17.2. The van der Waals surface area contributed by atoms with Crippen molar-refractivity contribution in [3.05, 3.63) is 89.5 Å². The first-order valence-corrected chi connectivity index (χ1v) is 11.7. The van der Waals surface area contributed by atoms with E-state index in [4.69, 9.17) is 0 Å². The molecule has 0 saturated heterocycles. The molecule has 2 N–H and O–H groups in total. The second kappa shape index (κ2) is 8.65. The van der Waals surface area contributed by atoms with Crippen molar-refractivity contribution in [2.75, 3.05) is 0 Å². The summed E-state index contributed by atoms with van der Waals surface area (Å²) in [6.07, 6.45) is 1.99. The molecule has 0 radical (unpaired) electrons. The third-order valence-corrected chi connectivity index (χ3v) is 6.89. The molecule has 5 aromatic rings. The number of H-pyrrole nitrogens is 1. The highest BCUT2D eigenvalue weighted by molar-refractivity contribution is 6.05. The molecule has 0 saturated carbocycles. The fraction of sp³-hybridized carbons (Fsp3) is 0.207. The quantitative estimate of drug-likeness (QED) is 0.279. The van der Waals surface area contributed by atoms with Gasteiger partial charge in [0.25, 0.3) is 0 Å². The number of fused-ring (bicyclic) bond motifs is 2. The van der Waals surface area contributed by atoms with Crippen molar-refractivity contribution < 1.29 is 14.3 Å². The normalized spacial score (nSPS) is 12.6. The number of rotatable bonds is 6. The molecule has 0 bridgehead atoms. The molecule has 0 aliphatic carbocycles. The Morgan fingerprint density at radius 3 is 2.58 bits per heavy atom. The van der Waals surface area contributed by atoms with E-state index in [1.807, 2.05) is 39.0 Å². The Kier molecular flexibility index (Phi) is 5.60. The first kappa shape index (κ1) is 23.3. The molecule has 7 heteroatoms. The molecule has 5 rings (SSSR count). The third-order valence-electron chi connectivity index (χ3n) is 6.89. The molecule has 1 unspecified atom stereocenters. The van der Waals surface area contributed by atoms with Crippen molar-refractivity contribution >= 4 is 27.8 Å². The molecule has 6 nitrogen and oxygen atoms in total. The number of carboxylic acid groups (broad SMARTS) is 1. The molecule has 0 amide bonds. The topological polar surface area (TPSA) is 94.7 Å². The summed E-state index contributed by atoms with van der Waals surface area (Å²) >= 11 is 0. The van der Waals surface area contributed by atoms with Gasteiger partial charge in [0.1, 0.15) is 5.82 Å². The lowest BCUT2D eigenvalue weighted by molar-refractivity contribution is 0.0697. The van der Waals surface area contributed by atoms with Gasteiger partial charge in [-0.25, -0.2) is 9.18 Å². The second-order valence-electron chi connectivity index (χ2n) is 9.72. The van der Waals surface area contributed by atoms with Crippen LogP contribution in [0.5, 0.6) is 0 Å². The highest BCUT2D eigenvalue weighted by atomic mass is 19.1. The van der Waals surface area contributed by atoms with Gasteiger partial charge < -0.3 is 9.67 Å². The van der Waals surface area contributed by atoms with E-state index < -0.39 is 11.4 Å². The number of carbonyl (C=O) groups is 1. The molecule has 3 aromatic carbocycles. The van der Waals surface area contributed by atoms with Gasteiger partial charge in [0.05, 0.1) is 34.9 Å². The zero-order chi connectivity index (χ0) is 25.6.